The number of anilines is 1. The number of aryl methyl sites for hydroxylation is 1. The number of aromatic nitrogens is 2. The van der Waals surface area contributed by atoms with Crippen molar-refractivity contribution in [3.8, 4) is 0 Å². The van der Waals surface area contributed by atoms with Crippen LogP contribution in [-0.2, 0) is 0 Å². The fourth-order valence-corrected chi connectivity index (χ4v) is 2.11. The number of hydrogen-bond donors (Lipinski definition) is 1. The van der Waals surface area contributed by atoms with E-state index in [2.05, 4.69) is 34.8 Å². The van der Waals surface area contributed by atoms with Crippen LogP contribution in [0.4, 0.5) is 5.95 Å². The summed E-state index contributed by atoms with van der Waals surface area (Å²) in [5.41, 5.74) is 8.09. The molecule has 1 aromatic heterocycles. The molecule has 0 spiro atoms. The summed E-state index contributed by atoms with van der Waals surface area (Å²) in [5.74, 6) is 1.32. The van der Waals surface area contributed by atoms with Gasteiger partial charge in [0.15, 0.2) is 0 Å². The fourth-order valence-electron chi connectivity index (χ4n) is 2.11. The van der Waals surface area contributed by atoms with Crippen LogP contribution in [0.2, 0.25) is 0 Å². The highest BCUT2D eigenvalue weighted by Crippen LogP contribution is 2.19. The summed E-state index contributed by atoms with van der Waals surface area (Å²) in [6, 6.07) is 2.42. The lowest BCUT2D eigenvalue weighted by Gasteiger charge is -2.30. The second-order valence-corrected chi connectivity index (χ2v) is 5.21. The van der Waals surface area contributed by atoms with E-state index in [1.807, 2.05) is 6.92 Å². The van der Waals surface area contributed by atoms with E-state index in [0.29, 0.717) is 12.0 Å². The first-order valence-corrected chi connectivity index (χ1v) is 6.42. The summed E-state index contributed by atoms with van der Waals surface area (Å²) in [6.07, 6.45) is 2.07. The van der Waals surface area contributed by atoms with Crippen LogP contribution in [0.3, 0.4) is 0 Å². The molecule has 4 heteroatoms. The molecule has 0 atom stereocenters. The van der Waals surface area contributed by atoms with Gasteiger partial charge in [-0.15, -0.1) is 0 Å². The van der Waals surface area contributed by atoms with Crippen molar-refractivity contribution < 1.29 is 0 Å². The normalized spacial score (nSPS) is 17.8. The molecule has 0 unspecified atom stereocenters. The third kappa shape index (κ3) is 2.94. The second-order valence-electron chi connectivity index (χ2n) is 5.21. The number of hydrogen-bond acceptors (Lipinski definition) is 4. The van der Waals surface area contributed by atoms with E-state index in [-0.39, 0.29) is 0 Å². The lowest BCUT2D eigenvalue weighted by atomic mass is 10.1. The van der Waals surface area contributed by atoms with Crippen LogP contribution in [0.25, 0.3) is 0 Å². The van der Waals surface area contributed by atoms with Crippen molar-refractivity contribution in [1.82, 2.24) is 9.97 Å². The molecule has 2 heterocycles. The molecular weight excluding hydrogens is 212 g/mol. The van der Waals surface area contributed by atoms with Gasteiger partial charge in [0.2, 0.25) is 5.95 Å². The number of piperidine rings is 1. The van der Waals surface area contributed by atoms with Gasteiger partial charge in [-0.3, -0.25) is 0 Å². The molecule has 0 radical (unpaired) electrons. The van der Waals surface area contributed by atoms with Gasteiger partial charge in [0.1, 0.15) is 0 Å². The quantitative estimate of drug-likeness (QED) is 0.848. The monoisotopic (exact) mass is 234 g/mol. The van der Waals surface area contributed by atoms with Crippen molar-refractivity contribution in [2.45, 2.75) is 45.6 Å². The lowest BCUT2D eigenvalue weighted by Crippen LogP contribution is -2.40. The summed E-state index contributed by atoms with van der Waals surface area (Å²) in [4.78, 5) is 11.4. The SMILES string of the molecule is Cc1cc(C(C)C)nc(N2CCC(N)CC2)n1. The van der Waals surface area contributed by atoms with Gasteiger partial charge in [-0.2, -0.15) is 0 Å². The van der Waals surface area contributed by atoms with Gasteiger partial charge in [-0.1, -0.05) is 13.8 Å². The van der Waals surface area contributed by atoms with Crippen molar-refractivity contribution in [3.63, 3.8) is 0 Å². The summed E-state index contributed by atoms with van der Waals surface area (Å²) < 4.78 is 0. The molecule has 0 bridgehead atoms. The topological polar surface area (TPSA) is 55.0 Å². The molecule has 2 rings (SSSR count). The van der Waals surface area contributed by atoms with E-state index >= 15 is 0 Å². The van der Waals surface area contributed by atoms with Gasteiger partial charge in [-0.05, 0) is 31.7 Å². The Morgan fingerprint density at radius 1 is 1.29 bits per heavy atom. The third-order valence-corrected chi connectivity index (χ3v) is 3.28. The van der Waals surface area contributed by atoms with Crippen molar-refractivity contribution in [3.05, 3.63) is 17.5 Å². The van der Waals surface area contributed by atoms with Gasteiger partial charge in [0.05, 0.1) is 0 Å². The largest absolute Gasteiger partial charge is 0.341 e. The highest BCUT2D eigenvalue weighted by atomic mass is 15.3. The minimum atomic E-state index is 0.348. The first-order chi connectivity index (χ1) is 8.06. The molecule has 17 heavy (non-hydrogen) atoms. The Labute approximate surface area is 103 Å². The Morgan fingerprint density at radius 3 is 2.53 bits per heavy atom. The molecule has 1 aliphatic heterocycles. The van der Waals surface area contributed by atoms with Crippen LogP contribution in [0.1, 0.15) is 44.0 Å². The van der Waals surface area contributed by atoms with Crippen LogP contribution in [0.5, 0.6) is 0 Å². The van der Waals surface area contributed by atoms with Crippen LogP contribution < -0.4 is 10.6 Å². The minimum Gasteiger partial charge on any atom is -0.341 e. The highest BCUT2D eigenvalue weighted by molar-refractivity contribution is 5.33. The molecular formula is C13H22N4. The maximum atomic E-state index is 5.92. The maximum Gasteiger partial charge on any atom is 0.225 e. The van der Waals surface area contributed by atoms with E-state index in [4.69, 9.17) is 5.73 Å². The average molecular weight is 234 g/mol. The van der Waals surface area contributed by atoms with E-state index in [9.17, 15) is 0 Å². The maximum absolute atomic E-state index is 5.92. The molecule has 94 valence electrons. The number of nitrogens with zero attached hydrogens (tertiary/aromatic N) is 3. The van der Waals surface area contributed by atoms with E-state index < -0.39 is 0 Å². The van der Waals surface area contributed by atoms with Crippen LogP contribution in [0.15, 0.2) is 6.07 Å². The zero-order valence-electron chi connectivity index (χ0n) is 11.0. The van der Waals surface area contributed by atoms with E-state index in [1.54, 1.807) is 0 Å². The van der Waals surface area contributed by atoms with Crippen molar-refractivity contribution >= 4 is 5.95 Å². The number of nitrogens with two attached hydrogens (primary N) is 1. The molecule has 1 aliphatic rings. The molecule has 0 aromatic carbocycles. The highest BCUT2D eigenvalue weighted by Gasteiger charge is 2.19. The van der Waals surface area contributed by atoms with Crippen LogP contribution in [-0.4, -0.2) is 29.1 Å². The van der Waals surface area contributed by atoms with Crippen LogP contribution in [0, 0.1) is 6.92 Å². The van der Waals surface area contributed by atoms with Crippen molar-refractivity contribution in [2.24, 2.45) is 5.73 Å². The Bertz CT molecular complexity index is 381. The Hall–Kier alpha value is -1.16. The predicted octanol–water partition coefficient (Wildman–Crippen LogP) is 1.84. The molecule has 1 fully saturated rings. The minimum absolute atomic E-state index is 0.348. The predicted molar refractivity (Wildman–Crippen MR) is 70.3 cm³/mol. The zero-order valence-corrected chi connectivity index (χ0v) is 11.0. The van der Waals surface area contributed by atoms with Gasteiger partial charge >= 0.3 is 0 Å². The average Bonchev–Trinajstić information content (AvgIpc) is 2.29. The van der Waals surface area contributed by atoms with Crippen LogP contribution >= 0.6 is 0 Å². The summed E-state index contributed by atoms with van der Waals surface area (Å²) in [5, 5.41) is 0. The molecule has 4 nitrogen and oxygen atoms in total. The Kier molecular flexibility index (Phi) is 3.62. The van der Waals surface area contributed by atoms with Gasteiger partial charge < -0.3 is 10.6 Å². The summed E-state index contributed by atoms with van der Waals surface area (Å²) in [7, 11) is 0. The standard InChI is InChI=1S/C13H22N4/c1-9(2)12-8-10(3)15-13(16-12)17-6-4-11(14)5-7-17/h8-9,11H,4-7,14H2,1-3H3. The third-order valence-electron chi connectivity index (χ3n) is 3.28. The summed E-state index contributed by atoms with van der Waals surface area (Å²) in [6.45, 7) is 8.31. The smallest absolute Gasteiger partial charge is 0.225 e. The van der Waals surface area contributed by atoms with E-state index in [0.717, 1.165) is 43.3 Å². The Morgan fingerprint density at radius 2 is 1.94 bits per heavy atom. The molecule has 0 amide bonds. The van der Waals surface area contributed by atoms with Gasteiger partial charge in [-0.25, -0.2) is 9.97 Å². The zero-order chi connectivity index (χ0) is 12.4. The van der Waals surface area contributed by atoms with E-state index in [1.165, 1.54) is 0 Å². The first kappa shape index (κ1) is 12.3. The molecule has 0 saturated carbocycles. The van der Waals surface area contributed by atoms with Gasteiger partial charge in [0, 0.05) is 30.5 Å². The summed E-state index contributed by atoms with van der Waals surface area (Å²) >= 11 is 0. The second kappa shape index (κ2) is 5.00. The van der Waals surface area contributed by atoms with Crippen molar-refractivity contribution in [1.29, 1.82) is 0 Å². The fraction of sp³-hybridized carbons (Fsp3) is 0.692. The van der Waals surface area contributed by atoms with Crippen molar-refractivity contribution in [2.75, 3.05) is 18.0 Å². The number of rotatable bonds is 2. The molecule has 1 aromatic rings. The lowest BCUT2D eigenvalue weighted by molar-refractivity contribution is 0.494. The molecule has 1 saturated heterocycles. The molecule has 0 aliphatic carbocycles. The molecule has 2 N–H and O–H groups in total. The van der Waals surface area contributed by atoms with Gasteiger partial charge in [0.25, 0.3) is 0 Å². The Balaban J connectivity index is 2.20. The first-order valence-electron chi connectivity index (χ1n) is 6.42.